The van der Waals surface area contributed by atoms with Crippen LogP contribution in [0.15, 0.2) is 72.8 Å². The Balaban J connectivity index is 1.61. The van der Waals surface area contributed by atoms with Gasteiger partial charge in [0.25, 0.3) is 0 Å². The molecule has 6 nitrogen and oxygen atoms in total. The number of anilines is 1. The van der Waals surface area contributed by atoms with Crippen LogP contribution in [0.4, 0.5) is 5.69 Å². The molecule has 0 saturated carbocycles. The van der Waals surface area contributed by atoms with Crippen molar-refractivity contribution in [3.63, 3.8) is 0 Å². The lowest BCUT2D eigenvalue weighted by Crippen LogP contribution is -2.20. The number of para-hydroxylation sites is 1. The number of ether oxygens (including phenoxy) is 1. The van der Waals surface area contributed by atoms with Crippen LogP contribution < -0.4 is 10.1 Å². The third-order valence-corrected chi connectivity index (χ3v) is 5.65. The maximum Gasteiger partial charge on any atom is 0.246 e. The Morgan fingerprint density at radius 1 is 0.970 bits per heavy atom. The van der Waals surface area contributed by atoms with Crippen molar-refractivity contribution in [2.75, 3.05) is 5.32 Å². The lowest BCUT2D eigenvalue weighted by atomic mass is 10.1. The van der Waals surface area contributed by atoms with Gasteiger partial charge >= 0.3 is 0 Å². The highest BCUT2D eigenvalue weighted by Crippen LogP contribution is 2.18. The van der Waals surface area contributed by atoms with Crippen LogP contribution in [0.25, 0.3) is 5.69 Å². The molecule has 33 heavy (non-hydrogen) atoms. The van der Waals surface area contributed by atoms with E-state index in [-0.39, 0.29) is 19.1 Å². The lowest BCUT2D eigenvalue weighted by molar-refractivity contribution is -0.116. The molecule has 3 aromatic carbocycles. The van der Waals surface area contributed by atoms with E-state index in [1.165, 1.54) is 4.68 Å². The van der Waals surface area contributed by atoms with Gasteiger partial charge < -0.3 is 10.1 Å². The fourth-order valence-corrected chi connectivity index (χ4v) is 3.86. The number of carbonyl (C=O) groups is 1. The van der Waals surface area contributed by atoms with Crippen molar-refractivity contribution in [1.29, 1.82) is 0 Å². The second-order valence-corrected chi connectivity index (χ2v) is 8.36. The molecule has 0 radical (unpaired) electrons. The van der Waals surface area contributed by atoms with Crippen LogP contribution >= 0.6 is 12.2 Å². The van der Waals surface area contributed by atoms with Gasteiger partial charge in [-0.15, -0.1) is 0 Å². The van der Waals surface area contributed by atoms with Crippen LogP contribution in [0.1, 0.15) is 22.5 Å². The molecule has 0 unspecified atom stereocenters. The number of carbonyl (C=O) groups excluding carboxylic acids is 1. The van der Waals surface area contributed by atoms with Gasteiger partial charge in [-0.3, -0.25) is 9.36 Å². The highest BCUT2D eigenvalue weighted by molar-refractivity contribution is 7.71. The van der Waals surface area contributed by atoms with Gasteiger partial charge in [-0.1, -0.05) is 53.6 Å². The second kappa shape index (κ2) is 9.83. The number of aromatic nitrogens is 3. The average Bonchev–Trinajstić information content (AvgIpc) is 3.10. The van der Waals surface area contributed by atoms with Gasteiger partial charge in [0.05, 0.1) is 0 Å². The van der Waals surface area contributed by atoms with Gasteiger partial charge in [0.2, 0.25) is 10.7 Å². The molecular weight excluding hydrogens is 432 g/mol. The zero-order valence-corrected chi connectivity index (χ0v) is 19.7. The number of amides is 1. The van der Waals surface area contributed by atoms with E-state index < -0.39 is 0 Å². The highest BCUT2D eigenvalue weighted by atomic mass is 32.1. The number of benzene rings is 3. The minimum Gasteiger partial charge on any atom is -0.486 e. The van der Waals surface area contributed by atoms with Crippen LogP contribution in [0.5, 0.6) is 5.75 Å². The maximum atomic E-state index is 12.8. The molecule has 7 heteroatoms. The standard InChI is InChI=1S/C26H26N4O2S/c1-18-9-12-21(13-10-18)30-24(17-32-22-7-5-4-6-8-22)28-29(26(30)33)16-25(31)27-23-14-11-19(2)15-20(23)3/h4-15H,16-17H2,1-3H3,(H,27,31). The van der Waals surface area contributed by atoms with Crippen molar-refractivity contribution in [3.8, 4) is 11.4 Å². The van der Waals surface area contributed by atoms with Crippen LogP contribution in [0.3, 0.4) is 0 Å². The first-order valence-corrected chi connectivity index (χ1v) is 11.1. The highest BCUT2D eigenvalue weighted by Gasteiger charge is 2.16. The van der Waals surface area contributed by atoms with E-state index in [2.05, 4.69) is 10.4 Å². The Kier molecular flexibility index (Phi) is 6.70. The molecule has 4 rings (SSSR count). The predicted octanol–water partition coefficient (Wildman–Crippen LogP) is 5.55. The summed E-state index contributed by atoms with van der Waals surface area (Å²) in [5.74, 6) is 1.16. The molecule has 1 amide bonds. The van der Waals surface area contributed by atoms with Crippen molar-refractivity contribution in [1.82, 2.24) is 14.3 Å². The number of nitrogens with one attached hydrogen (secondary N) is 1. The molecule has 1 aromatic heterocycles. The molecule has 0 aliphatic rings. The third-order valence-electron chi connectivity index (χ3n) is 5.26. The van der Waals surface area contributed by atoms with Crippen molar-refractivity contribution < 1.29 is 9.53 Å². The summed E-state index contributed by atoms with van der Waals surface area (Å²) < 4.78 is 9.75. The van der Waals surface area contributed by atoms with E-state index in [4.69, 9.17) is 17.0 Å². The molecular formula is C26H26N4O2S. The van der Waals surface area contributed by atoms with Gasteiger partial charge in [0.1, 0.15) is 18.9 Å². The molecule has 0 bridgehead atoms. The first-order chi connectivity index (χ1) is 15.9. The average molecular weight is 459 g/mol. The monoisotopic (exact) mass is 458 g/mol. The Morgan fingerprint density at radius 3 is 2.36 bits per heavy atom. The van der Waals surface area contributed by atoms with Crippen molar-refractivity contribution in [3.05, 3.63) is 100 Å². The first kappa shape index (κ1) is 22.5. The lowest BCUT2D eigenvalue weighted by Gasteiger charge is -2.09. The van der Waals surface area contributed by atoms with E-state index in [1.54, 1.807) is 0 Å². The van der Waals surface area contributed by atoms with E-state index in [0.29, 0.717) is 10.6 Å². The van der Waals surface area contributed by atoms with Crippen LogP contribution in [0, 0.1) is 25.5 Å². The minimum atomic E-state index is -0.192. The predicted molar refractivity (Wildman–Crippen MR) is 132 cm³/mol. The van der Waals surface area contributed by atoms with E-state index in [1.807, 2.05) is 98.1 Å². The molecule has 0 atom stereocenters. The normalized spacial score (nSPS) is 10.8. The largest absolute Gasteiger partial charge is 0.486 e. The van der Waals surface area contributed by atoms with Gasteiger partial charge in [-0.25, -0.2) is 4.68 Å². The molecule has 0 aliphatic heterocycles. The summed E-state index contributed by atoms with van der Waals surface area (Å²) in [6.07, 6.45) is 0. The van der Waals surface area contributed by atoms with Crippen molar-refractivity contribution in [2.24, 2.45) is 0 Å². The molecule has 0 aliphatic carbocycles. The summed E-state index contributed by atoms with van der Waals surface area (Å²) in [4.78, 5) is 12.8. The number of nitrogens with zero attached hydrogens (tertiary/aromatic N) is 3. The van der Waals surface area contributed by atoms with Crippen LogP contribution in [-0.2, 0) is 17.9 Å². The summed E-state index contributed by atoms with van der Waals surface area (Å²) in [6, 6.07) is 23.5. The minimum absolute atomic E-state index is 0.00332. The van der Waals surface area contributed by atoms with Crippen LogP contribution in [-0.4, -0.2) is 20.3 Å². The summed E-state index contributed by atoms with van der Waals surface area (Å²) in [5.41, 5.74) is 4.95. The second-order valence-electron chi connectivity index (χ2n) is 8.00. The molecule has 0 saturated heterocycles. The first-order valence-electron chi connectivity index (χ1n) is 10.7. The topological polar surface area (TPSA) is 61.1 Å². The SMILES string of the molecule is Cc1ccc(-n2c(COc3ccccc3)nn(CC(=O)Nc3ccc(C)cc3C)c2=S)cc1. The van der Waals surface area contributed by atoms with Gasteiger partial charge in [0.15, 0.2) is 5.82 Å². The number of rotatable bonds is 7. The molecule has 1 N–H and O–H groups in total. The van der Waals surface area contributed by atoms with Crippen molar-refractivity contribution >= 4 is 23.8 Å². The van der Waals surface area contributed by atoms with Gasteiger partial charge in [-0.2, -0.15) is 5.10 Å². The fourth-order valence-electron chi connectivity index (χ4n) is 3.55. The Morgan fingerprint density at radius 2 is 1.67 bits per heavy atom. The Hall–Kier alpha value is -3.71. The molecule has 1 heterocycles. The fraction of sp³-hybridized carbons (Fsp3) is 0.192. The zero-order chi connectivity index (χ0) is 23.4. The molecule has 168 valence electrons. The summed E-state index contributed by atoms with van der Waals surface area (Å²) in [6.45, 7) is 6.24. The molecule has 4 aromatic rings. The summed E-state index contributed by atoms with van der Waals surface area (Å²) in [7, 11) is 0. The Bertz CT molecular complexity index is 1320. The van der Waals surface area contributed by atoms with E-state index in [0.717, 1.165) is 33.8 Å². The van der Waals surface area contributed by atoms with Crippen molar-refractivity contribution in [2.45, 2.75) is 33.9 Å². The number of aryl methyl sites for hydroxylation is 3. The third kappa shape index (κ3) is 5.38. The van der Waals surface area contributed by atoms with Gasteiger partial charge in [-0.05, 0) is 68.9 Å². The summed E-state index contributed by atoms with van der Waals surface area (Å²) in [5, 5.41) is 7.59. The zero-order valence-electron chi connectivity index (χ0n) is 18.9. The van der Waals surface area contributed by atoms with E-state index in [9.17, 15) is 4.79 Å². The number of hydrogen-bond acceptors (Lipinski definition) is 4. The molecule has 0 spiro atoms. The quantitative estimate of drug-likeness (QED) is 0.369. The Labute approximate surface area is 198 Å². The molecule has 0 fully saturated rings. The van der Waals surface area contributed by atoms with Gasteiger partial charge in [0, 0.05) is 11.4 Å². The smallest absolute Gasteiger partial charge is 0.246 e. The van der Waals surface area contributed by atoms with Crippen LogP contribution in [0.2, 0.25) is 0 Å². The number of hydrogen-bond donors (Lipinski definition) is 1. The maximum absolute atomic E-state index is 12.8. The summed E-state index contributed by atoms with van der Waals surface area (Å²) >= 11 is 5.71. The van der Waals surface area contributed by atoms with E-state index >= 15 is 0 Å².